The fourth-order valence-electron chi connectivity index (χ4n) is 5.42. The normalized spacial score (nSPS) is 11.3. The summed E-state index contributed by atoms with van der Waals surface area (Å²) >= 11 is 0. The Kier molecular flexibility index (Phi) is 11.8. The molecule has 0 heterocycles. The average Bonchev–Trinajstić information content (AvgIpc) is 3.03. The zero-order valence-corrected chi connectivity index (χ0v) is 25.6. The van der Waals surface area contributed by atoms with Gasteiger partial charge < -0.3 is 28.7 Å². The molecule has 8 nitrogen and oxygen atoms in total. The Morgan fingerprint density at radius 2 is 1.00 bits per heavy atom. The molecule has 0 radical (unpaired) electrons. The van der Waals surface area contributed by atoms with Gasteiger partial charge in [-0.15, -0.1) is 0 Å². The van der Waals surface area contributed by atoms with E-state index in [0.29, 0.717) is 44.1 Å². The van der Waals surface area contributed by atoms with Gasteiger partial charge in [-0.1, -0.05) is 52.0 Å². The highest BCUT2D eigenvalue weighted by Gasteiger charge is 2.17. The molecule has 0 aromatic heterocycles. The minimum Gasteiger partial charge on any atom is -0.492 e. The molecule has 8 heteroatoms. The van der Waals surface area contributed by atoms with Gasteiger partial charge in [0.1, 0.15) is 36.2 Å². The summed E-state index contributed by atoms with van der Waals surface area (Å²) in [5, 5.41) is 3.89. The van der Waals surface area contributed by atoms with Crippen LogP contribution in [0.2, 0.25) is 0 Å². The summed E-state index contributed by atoms with van der Waals surface area (Å²) in [7, 11) is 0. The summed E-state index contributed by atoms with van der Waals surface area (Å²) in [6.45, 7) is 16.1. The van der Waals surface area contributed by atoms with E-state index in [1.165, 1.54) is 0 Å². The van der Waals surface area contributed by atoms with Gasteiger partial charge >= 0.3 is 0 Å². The Hall–Kier alpha value is -4.14. The molecule has 0 atom stereocenters. The Morgan fingerprint density at radius 3 is 1.37 bits per heavy atom. The maximum atomic E-state index is 11.0. The van der Waals surface area contributed by atoms with Crippen molar-refractivity contribution in [3.8, 4) is 23.0 Å². The van der Waals surface area contributed by atoms with Gasteiger partial charge in [-0.2, -0.15) is 0 Å². The highest BCUT2D eigenvalue weighted by molar-refractivity contribution is 5.93. The summed E-state index contributed by atoms with van der Waals surface area (Å²) in [6, 6.07) is 19.3. The number of likely N-dealkylation sites (N-methyl/N-ethyl adjacent to an activating group) is 2. The van der Waals surface area contributed by atoms with E-state index in [9.17, 15) is 9.59 Å². The van der Waals surface area contributed by atoms with Gasteiger partial charge in [0.2, 0.25) is 0 Å². The Balaban J connectivity index is 1.80. The van der Waals surface area contributed by atoms with Crippen LogP contribution in [0, 0.1) is 0 Å². The van der Waals surface area contributed by atoms with Gasteiger partial charge in [0.15, 0.2) is 0 Å². The second kappa shape index (κ2) is 15.9. The molecule has 0 saturated carbocycles. The van der Waals surface area contributed by atoms with Crippen LogP contribution in [0.1, 0.15) is 38.8 Å². The first-order chi connectivity index (χ1) is 21.0. The standard InChI is InChI=1S/C35H42N2O6/c1-5-36(6-2)17-19-40-34-15-9-26-21-28(42-24-38)11-13-30(26)32(34)23-33-31-14-12-29(43-25-39)22-27(31)10-16-35(33)41-20-18-37(7-3)8-4/h9-16,21-22,24-25H,5-8,17-20,23H2,1-4H3. The molecule has 0 spiro atoms. The van der Waals surface area contributed by atoms with Crippen molar-refractivity contribution in [2.24, 2.45) is 0 Å². The van der Waals surface area contributed by atoms with Crippen LogP contribution < -0.4 is 18.9 Å². The molecule has 0 aliphatic carbocycles. The Labute approximate surface area is 254 Å². The van der Waals surface area contributed by atoms with Crippen molar-refractivity contribution in [3.05, 3.63) is 71.8 Å². The van der Waals surface area contributed by atoms with E-state index in [-0.39, 0.29) is 0 Å². The summed E-state index contributed by atoms with van der Waals surface area (Å²) in [6.07, 6.45) is 0.539. The van der Waals surface area contributed by atoms with Crippen LogP contribution in [0.15, 0.2) is 60.7 Å². The number of benzene rings is 4. The molecule has 0 unspecified atom stereocenters. The molecule has 0 bridgehead atoms. The van der Waals surface area contributed by atoms with Crippen LogP contribution in [0.3, 0.4) is 0 Å². The zero-order valence-electron chi connectivity index (χ0n) is 25.6. The SMILES string of the molecule is CCN(CC)CCOc1ccc2cc(OC=O)ccc2c1Cc1c(OCCN(CC)CC)ccc2cc(OC=O)ccc12. The third kappa shape index (κ3) is 8.03. The third-order valence-corrected chi connectivity index (χ3v) is 7.96. The predicted molar refractivity (Wildman–Crippen MR) is 171 cm³/mol. The van der Waals surface area contributed by atoms with Crippen molar-refractivity contribution in [2.75, 3.05) is 52.5 Å². The number of hydrogen-bond donors (Lipinski definition) is 0. The van der Waals surface area contributed by atoms with Crippen LogP contribution in [-0.4, -0.2) is 75.2 Å². The zero-order chi connectivity index (χ0) is 30.6. The molecule has 0 amide bonds. The minimum atomic E-state index is 0.438. The number of rotatable bonds is 18. The molecule has 0 aliphatic rings. The van der Waals surface area contributed by atoms with E-state index < -0.39 is 0 Å². The van der Waals surface area contributed by atoms with Gasteiger partial charge in [0.05, 0.1) is 0 Å². The van der Waals surface area contributed by atoms with Crippen LogP contribution in [0.4, 0.5) is 0 Å². The summed E-state index contributed by atoms with van der Waals surface area (Å²) in [5.74, 6) is 2.57. The lowest BCUT2D eigenvalue weighted by molar-refractivity contribution is -0.121. The fraction of sp³-hybridized carbons (Fsp3) is 0.371. The van der Waals surface area contributed by atoms with Gasteiger partial charge in [0, 0.05) is 30.6 Å². The molecule has 4 rings (SSSR count). The lowest BCUT2D eigenvalue weighted by atomic mass is 9.93. The molecule has 0 aliphatic heterocycles. The first-order valence-electron chi connectivity index (χ1n) is 15.1. The van der Waals surface area contributed by atoms with Gasteiger partial charge in [-0.25, -0.2) is 0 Å². The van der Waals surface area contributed by atoms with Gasteiger partial charge in [0.25, 0.3) is 12.9 Å². The average molecular weight is 587 g/mol. The molecule has 0 N–H and O–H groups in total. The second-order valence-corrected chi connectivity index (χ2v) is 10.2. The maximum Gasteiger partial charge on any atom is 0.298 e. The number of carbonyl (C=O) groups is 2. The van der Waals surface area contributed by atoms with E-state index in [2.05, 4.69) is 37.5 Å². The van der Waals surface area contributed by atoms with Gasteiger partial charge in [-0.3, -0.25) is 9.59 Å². The first kappa shape index (κ1) is 31.8. The quantitative estimate of drug-likeness (QED) is 0.130. The first-order valence-corrected chi connectivity index (χ1v) is 15.1. The molecule has 0 saturated heterocycles. The number of ether oxygens (including phenoxy) is 4. The van der Waals surface area contributed by atoms with E-state index in [4.69, 9.17) is 18.9 Å². The van der Waals surface area contributed by atoms with Crippen LogP contribution in [0.5, 0.6) is 23.0 Å². The monoisotopic (exact) mass is 586 g/mol. The highest BCUT2D eigenvalue weighted by Crippen LogP contribution is 2.38. The van der Waals surface area contributed by atoms with Crippen LogP contribution in [-0.2, 0) is 16.0 Å². The number of fused-ring (bicyclic) bond motifs is 2. The minimum absolute atomic E-state index is 0.438. The van der Waals surface area contributed by atoms with E-state index >= 15 is 0 Å². The number of carbonyl (C=O) groups excluding carboxylic acids is 2. The van der Waals surface area contributed by atoms with Crippen molar-refractivity contribution >= 4 is 34.5 Å². The number of nitrogens with zero attached hydrogens (tertiary/aromatic N) is 2. The summed E-state index contributed by atoms with van der Waals surface area (Å²) in [5.41, 5.74) is 2.04. The summed E-state index contributed by atoms with van der Waals surface area (Å²) < 4.78 is 23.1. The van der Waals surface area contributed by atoms with Crippen LogP contribution >= 0.6 is 0 Å². The molecular weight excluding hydrogens is 544 g/mol. The van der Waals surface area contributed by atoms with Gasteiger partial charge in [-0.05, 0) is 84.1 Å². The lowest BCUT2D eigenvalue weighted by Gasteiger charge is -2.22. The molecule has 4 aromatic rings. The van der Waals surface area contributed by atoms with E-state index in [1.807, 2.05) is 48.5 Å². The maximum absolute atomic E-state index is 11.0. The predicted octanol–water partition coefficient (Wildman–Crippen LogP) is 6.10. The topological polar surface area (TPSA) is 77.5 Å². The van der Waals surface area contributed by atoms with E-state index in [0.717, 1.165) is 83.4 Å². The lowest BCUT2D eigenvalue weighted by Crippen LogP contribution is -2.28. The molecule has 43 heavy (non-hydrogen) atoms. The molecular formula is C35H42N2O6. The molecule has 4 aromatic carbocycles. The fourth-order valence-corrected chi connectivity index (χ4v) is 5.42. The van der Waals surface area contributed by atoms with Crippen molar-refractivity contribution < 1.29 is 28.5 Å². The van der Waals surface area contributed by atoms with Crippen molar-refractivity contribution in [2.45, 2.75) is 34.1 Å². The van der Waals surface area contributed by atoms with Crippen molar-refractivity contribution in [1.29, 1.82) is 0 Å². The second-order valence-electron chi connectivity index (χ2n) is 10.2. The molecule has 228 valence electrons. The third-order valence-electron chi connectivity index (χ3n) is 7.96. The highest BCUT2D eigenvalue weighted by atomic mass is 16.5. The van der Waals surface area contributed by atoms with Crippen LogP contribution in [0.25, 0.3) is 21.5 Å². The van der Waals surface area contributed by atoms with E-state index in [1.54, 1.807) is 12.1 Å². The number of hydrogen-bond acceptors (Lipinski definition) is 8. The largest absolute Gasteiger partial charge is 0.492 e. The Morgan fingerprint density at radius 1 is 0.581 bits per heavy atom. The smallest absolute Gasteiger partial charge is 0.298 e. The van der Waals surface area contributed by atoms with Crippen molar-refractivity contribution in [3.63, 3.8) is 0 Å². The Bertz CT molecular complexity index is 1400. The summed E-state index contributed by atoms with van der Waals surface area (Å²) in [4.78, 5) is 26.7. The molecule has 0 fully saturated rings. The van der Waals surface area contributed by atoms with Crippen molar-refractivity contribution in [1.82, 2.24) is 9.80 Å².